The van der Waals surface area contributed by atoms with Crippen LogP contribution in [0.5, 0.6) is 0 Å². The van der Waals surface area contributed by atoms with Gasteiger partial charge in [-0.15, -0.1) is 0 Å². The molecule has 3 aliphatic carbocycles. The number of benzene rings is 3. The Morgan fingerprint density at radius 1 is 0.444 bits per heavy atom. The molecule has 3 N–H and O–H groups in total. The number of rotatable bonds is 9. The van der Waals surface area contributed by atoms with Crippen LogP contribution in [-0.4, -0.2) is 91.9 Å². The number of aryl methyl sites for hydroxylation is 3. The summed E-state index contributed by atoms with van der Waals surface area (Å²) in [6, 6.07) is 25.2. The zero-order valence-corrected chi connectivity index (χ0v) is 35.5. The Morgan fingerprint density at radius 3 is 0.926 bits per heavy atom. The van der Waals surface area contributed by atoms with Gasteiger partial charge in [-0.1, -0.05) is 128 Å². The maximum Gasteiger partial charge on any atom is 0.0936 e. The number of aliphatic hydroxyl groups is 3. The van der Waals surface area contributed by atoms with Gasteiger partial charge in [-0.25, -0.2) is 0 Å². The molecule has 0 amide bonds. The Hall–Kier alpha value is -2.58. The lowest BCUT2D eigenvalue weighted by Gasteiger charge is -2.42. The molecule has 0 unspecified atom stereocenters. The summed E-state index contributed by atoms with van der Waals surface area (Å²) in [7, 11) is 12.5. The van der Waals surface area contributed by atoms with E-state index >= 15 is 0 Å². The van der Waals surface area contributed by atoms with Crippen molar-refractivity contribution in [1.82, 2.24) is 14.7 Å². The van der Waals surface area contributed by atoms with Gasteiger partial charge in [0.2, 0.25) is 0 Å². The lowest BCUT2D eigenvalue weighted by atomic mass is 9.71. The normalized spacial score (nSPS) is 28.6. The maximum atomic E-state index is 11.1. The van der Waals surface area contributed by atoms with Crippen molar-refractivity contribution < 1.29 is 15.3 Å². The van der Waals surface area contributed by atoms with Gasteiger partial charge in [-0.2, -0.15) is 0 Å². The van der Waals surface area contributed by atoms with E-state index in [4.69, 9.17) is 0 Å². The smallest absolute Gasteiger partial charge is 0.0936 e. The van der Waals surface area contributed by atoms with Crippen molar-refractivity contribution in [2.24, 2.45) is 17.8 Å². The monoisotopic (exact) mass is 742 g/mol. The summed E-state index contributed by atoms with van der Waals surface area (Å²) in [4.78, 5) is 6.57. The van der Waals surface area contributed by atoms with Gasteiger partial charge in [0.15, 0.2) is 0 Å². The molecule has 3 aromatic carbocycles. The SMILES string of the molecule is Cc1cccc([C@@]2(O)CCCC[C@@H]2CN(C)C)c1.Cc1cccc([C@@]2(O)CCCC[C@@H]2CN(C)C)c1.Cc1cccc([C@]2(O)CCCC[C@H]2CN(C)C)c1. The fraction of sp³-hybridized carbons (Fsp3) is 0.625. The Morgan fingerprint density at radius 2 is 0.704 bits per heavy atom. The van der Waals surface area contributed by atoms with E-state index in [1.807, 2.05) is 0 Å². The van der Waals surface area contributed by atoms with E-state index in [0.29, 0.717) is 17.8 Å². The maximum absolute atomic E-state index is 11.1. The van der Waals surface area contributed by atoms with Gasteiger partial charge in [0, 0.05) is 37.4 Å². The first-order valence-corrected chi connectivity index (χ1v) is 20.9. The third-order valence-electron chi connectivity index (χ3n) is 12.4. The fourth-order valence-corrected chi connectivity index (χ4v) is 9.62. The summed E-state index contributed by atoms with van der Waals surface area (Å²) in [5.74, 6) is 1.05. The van der Waals surface area contributed by atoms with E-state index in [0.717, 1.165) is 94.1 Å². The first-order valence-electron chi connectivity index (χ1n) is 20.9. The first kappa shape index (κ1) is 44.1. The average molecular weight is 742 g/mol. The van der Waals surface area contributed by atoms with Gasteiger partial charge in [0.1, 0.15) is 0 Å². The summed E-state index contributed by atoms with van der Waals surface area (Å²) in [6.07, 6.45) is 13.2. The third kappa shape index (κ3) is 11.7. The van der Waals surface area contributed by atoms with Crippen LogP contribution in [0.1, 0.15) is 110 Å². The molecule has 3 aromatic rings. The molecule has 0 radical (unpaired) electrons. The van der Waals surface area contributed by atoms with Crippen molar-refractivity contribution in [2.45, 2.75) is 115 Å². The van der Waals surface area contributed by atoms with Crippen molar-refractivity contribution in [3.05, 3.63) is 106 Å². The van der Waals surface area contributed by atoms with Crippen LogP contribution in [0.25, 0.3) is 0 Å². The average Bonchev–Trinajstić information content (AvgIpc) is 3.11. The molecular weight excluding hydrogens is 667 g/mol. The van der Waals surface area contributed by atoms with Gasteiger partial charge in [-0.05, 0) is 118 Å². The van der Waals surface area contributed by atoms with Gasteiger partial charge in [0.25, 0.3) is 0 Å². The number of hydrogen-bond donors (Lipinski definition) is 3. The molecule has 0 spiro atoms. The zero-order valence-electron chi connectivity index (χ0n) is 35.5. The van der Waals surface area contributed by atoms with Crippen molar-refractivity contribution in [1.29, 1.82) is 0 Å². The molecular formula is C48H75N3O3. The Balaban J connectivity index is 0.000000180. The minimum Gasteiger partial charge on any atom is -0.385 e. The van der Waals surface area contributed by atoms with Crippen molar-refractivity contribution >= 4 is 0 Å². The van der Waals surface area contributed by atoms with Gasteiger partial charge >= 0.3 is 0 Å². The topological polar surface area (TPSA) is 70.4 Å². The summed E-state index contributed by atoms with van der Waals surface area (Å²) in [5, 5.41) is 33.4. The quantitative estimate of drug-likeness (QED) is 0.204. The van der Waals surface area contributed by atoms with E-state index in [-0.39, 0.29) is 0 Å². The van der Waals surface area contributed by atoms with Gasteiger partial charge in [0.05, 0.1) is 16.8 Å². The Kier molecular flexibility index (Phi) is 16.4. The standard InChI is InChI=1S/3C16H25NO/c3*1-13-7-6-9-14(11-13)16(18)10-5-4-8-15(16)12-17(2)3/h3*6-7,9,11,15,18H,4-5,8,10,12H2,1-3H3/t3*15-,16+/m110/s1. The van der Waals surface area contributed by atoms with Crippen LogP contribution >= 0.6 is 0 Å². The van der Waals surface area contributed by atoms with E-state index in [1.165, 1.54) is 36.0 Å². The molecule has 54 heavy (non-hydrogen) atoms. The molecule has 0 aliphatic heterocycles. The first-order chi connectivity index (χ1) is 25.6. The minimum atomic E-state index is -0.630. The molecule has 0 bridgehead atoms. The highest BCUT2D eigenvalue weighted by atomic mass is 16.3. The van der Waals surface area contributed by atoms with Crippen LogP contribution in [0.2, 0.25) is 0 Å². The van der Waals surface area contributed by atoms with Crippen LogP contribution in [-0.2, 0) is 16.8 Å². The second-order valence-corrected chi connectivity index (χ2v) is 18.0. The summed E-state index contributed by atoms with van der Waals surface area (Å²) < 4.78 is 0. The second-order valence-electron chi connectivity index (χ2n) is 18.0. The van der Waals surface area contributed by atoms with Gasteiger partial charge < -0.3 is 30.0 Å². The van der Waals surface area contributed by atoms with Crippen LogP contribution in [0, 0.1) is 38.5 Å². The molecule has 3 saturated carbocycles. The molecule has 300 valence electrons. The number of hydrogen-bond acceptors (Lipinski definition) is 6. The highest BCUT2D eigenvalue weighted by molar-refractivity contribution is 5.31. The third-order valence-corrected chi connectivity index (χ3v) is 12.4. The molecule has 6 atom stereocenters. The van der Waals surface area contributed by atoms with E-state index < -0.39 is 16.8 Å². The molecule has 6 rings (SSSR count). The summed E-state index contributed by atoms with van der Waals surface area (Å²) in [5.41, 5.74) is 5.12. The van der Waals surface area contributed by atoms with E-state index in [1.54, 1.807) is 0 Å². The molecule has 6 heteroatoms. The Bertz CT molecular complexity index is 1390. The molecule has 3 fully saturated rings. The van der Waals surface area contributed by atoms with E-state index in [2.05, 4.69) is 151 Å². The van der Waals surface area contributed by atoms with Gasteiger partial charge in [-0.3, -0.25) is 0 Å². The second kappa shape index (κ2) is 20.0. The van der Waals surface area contributed by atoms with Crippen molar-refractivity contribution in [2.75, 3.05) is 61.9 Å². The highest BCUT2D eigenvalue weighted by Gasteiger charge is 2.42. The number of nitrogens with zero attached hydrogens (tertiary/aromatic N) is 3. The van der Waals surface area contributed by atoms with Crippen LogP contribution in [0.15, 0.2) is 72.8 Å². The van der Waals surface area contributed by atoms with Crippen molar-refractivity contribution in [3.63, 3.8) is 0 Å². The van der Waals surface area contributed by atoms with Crippen LogP contribution < -0.4 is 0 Å². The molecule has 3 aliphatic rings. The minimum absolute atomic E-state index is 0.350. The van der Waals surface area contributed by atoms with Crippen LogP contribution in [0.4, 0.5) is 0 Å². The fourth-order valence-electron chi connectivity index (χ4n) is 9.62. The zero-order chi connectivity index (χ0) is 39.5. The highest BCUT2D eigenvalue weighted by Crippen LogP contribution is 2.44. The molecule has 0 aromatic heterocycles. The van der Waals surface area contributed by atoms with Crippen molar-refractivity contribution in [3.8, 4) is 0 Å². The Labute approximate surface area is 329 Å². The predicted octanol–water partition coefficient (Wildman–Crippen LogP) is 8.80. The molecule has 0 saturated heterocycles. The lowest BCUT2D eigenvalue weighted by Crippen LogP contribution is -2.43. The van der Waals surface area contributed by atoms with Crippen LogP contribution in [0.3, 0.4) is 0 Å². The largest absolute Gasteiger partial charge is 0.385 e. The lowest BCUT2D eigenvalue weighted by molar-refractivity contribution is -0.0620. The predicted molar refractivity (Wildman–Crippen MR) is 227 cm³/mol. The summed E-state index contributed by atoms with van der Waals surface area (Å²) in [6.45, 7) is 9.17. The van der Waals surface area contributed by atoms with E-state index in [9.17, 15) is 15.3 Å². The molecule has 0 heterocycles. The molecule has 6 nitrogen and oxygen atoms in total. The summed E-state index contributed by atoms with van der Waals surface area (Å²) >= 11 is 0.